The lowest BCUT2D eigenvalue weighted by atomic mass is 10.1. The predicted octanol–water partition coefficient (Wildman–Crippen LogP) is 0.180. The average Bonchev–Trinajstić information content (AvgIpc) is 2.04. The topological polar surface area (TPSA) is 49.5 Å². The van der Waals surface area contributed by atoms with Crippen molar-refractivity contribution in [3.63, 3.8) is 0 Å². The van der Waals surface area contributed by atoms with Crippen LogP contribution in [0.5, 0.6) is 0 Å². The SMILES string of the molecule is CC[C@H](O)CN1CCC[C@@H](N)C1. The Morgan fingerprint density at radius 1 is 1.67 bits per heavy atom. The lowest BCUT2D eigenvalue weighted by Crippen LogP contribution is -2.45. The summed E-state index contributed by atoms with van der Waals surface area (Å²) < 4.78 is 0. The minimum absolute atomic E-state index is 0.171. The summed E-state index contributed by atoms with van der Waals surface area (Å²) in [5.41, 5.74) is 5.82. The number of nitrogens with two attached hydrogens (primary N) is 1. The van der Waals surface area contributed by atoms with Crippen LogP contribution in [-0.4, -0.2) is 41.8 Å². The van der Waals surface area contributed by atoms with Crippen LogP contribution in [0, 0.1) is 0 Å². The third kappa shape index (κ3) is 3.09. The number of nitrogens with zero attached hydrogens (tertiary/aromatic N) is 1. The van der Waals surface area contributed by atoms with E-state index in [2.05, 4.69) is 4.90 Å². The maximum Gasteiger partial charge on any atom is 0.0664 e. The molecule has 1 fully saturated rings. The molecule has 0 unspecified atom stereocenters. The third-order valence-corrected chi connectivity index (χ3v) is 2.48. The van der Waals surface area contributed by atoms with Gasteiger partial charge in [0.15, 0.2) is 0 Å². The molecule has 72 valence electrons. The molecule has 0 bridgehead atoms. The molecule has 3 N–H and O–H groups in total. The van der Waals surface area contributed by atoms with Gasteiger partial charge in [-0.15, -0.1) is 0 Å². The molecule has 1 aliphatic heterocycles. The van der Waals surface area contributed by atoms with Gasteiger partial charge in [-0.1, -0.05) is 6.92 Å². The molecule has 3 nitrogen and oxygen atoms in total. The van der Waals surface area contributed by atoms with Crippen LogP contribution >= 0.6 is 0 Å². The standard InChI is InChI=1S/C9H20N2O/c1-2-9(12)7-11-5-3-4-8(10)6-11/h8-9,12H,2-7,10H2,1H3/t8-,9+/m1/s1. The van der Waals surface area contributed by atoms with E-state index in [0.717, 1.165) is 32.5 Å². The van der Waals surface area contributed by atoms with E-state index in [1.807, 2.05) is 6.92 Å². The van der Waals surface area contributed by atoms with Crippen LogP contribution in [-0.2, 0) is 0 Å². The van der Waals surface area contributed by atoms with E-state index >= 15 is 0 Å². The summed E-state index contributed by atoms with van der Waals surface area (Å²) in [6.45, 7) is 4.86. The van der Waals surface area contributed by atoms with Gasteiger partial charge in [-0.3, -0.25) is 4.90 Å². The number of aliphatic hydroxyl groups is 1. The summed E-state index contributed by atoms with van der Waals surface area (Å²) in [5.74, 6) is 0. The Kier molecular flexibility index (Phi) is 3.98. The summed E-state index contributed by atoms with van der Waals surface area (Å²) in [7, 11) is 0. The van der Waals surface area contributed by atoms with Gasteiger partial charge in [0.1, 0.15) is 0 Å². The van der Waals surface area contributed by atoms with Crippen LogP contribution in [0.1, 0.15) is 26.2 Å². The minimum Gasteiger partial charge on any atom is -0.392 e. The lowest BCUT2D eigenvalue weighted by Gasteiger charge is -2.31. The number of likely N-dealkylation sites (tertiary alicyclic amines) is 1. The molecule has 0 aromatic rings. The number of piperidine rings is 1. The highest BCUT2D eigenvalue weighted by atomic mass is 16.3. The van der Waals surface area contributed by atoms with Gasteiger partial charge in [0.25, 0.3) is 0 Å². The van der Waals surface area contributed by atoms with Gasteiger partial charge in [-0.2, -0.15) is 0 Å². The predicted molar refractivity (Wildman–Crippen MR) is 49.9 cm³/mol. The van der Waals surface area contributed by atoms with Gasteiger partial charge in [-0.25, -0.2) is 0 Å². The van der Waals surface area contributed by atoms with Crippen molar-refractivity contribution in [3.05, 3.63) is 0 Å². The maximum atomic E-state index is 9.41. The smallest absolute Gasteiger partial charge is 0.0664 e. The van der Waals surface area contributed by atoms with Gasteiger partial charge >= 0.3 is 0 Å². The molecule has 0 radical (unpaired) electrons. The highest BCUT2D eigenvalue weighted by molar-refractivity contribution is 4.76. The molecular weight excluding hydrogens is 152 g/mol. The second-order valence-corrected chi connectivity index (χ2v) is 3.72. The molecule has 0 amide bonds. The van der Waals surface area contributed by atoms with Crippen LogP contribution in [0.15, 0.2) is 0 Å². The van der Waals surface area contributed by atoms with Crippen molar-refractivity contribution >= 4 is 0 Å². The second-order valence-electron chi connectivity index (χ2n) is 3.72. The lowest BCUT2D eigenvalue weighted by molar-refractivity contribution is 0.0934. The fraction of sp³-hybridized carbons (Fsp3) is 1.00. The van der Waals surface area contributed by atoms with E-state index in [-0.39, 0.29) is 6.10 Å². The first-order chi connectivity index (χ1) is 5.72. The van der Waals surface area contributed by atoms with Gasteiger partial charge in [0.05, 0.1) is 6.10 Å². The first kappa shape index (κ1) is 9.96. The first-order valence-corrected chi connectivity index (χ1v) is 4.88. The van der Waals surface area contributed by atoms with Crippen molar-refractivity contribution in [2.75, 3.05) is 19.6 Å². The van der Waals surface area contributed by atoms with Crippen molar-refractivity contribution in [3.8, 4) is 0 Å². The van der Waals surface area contributed by atoms with Crippen LogP contribution in [0.4, 0.5) is 0 Å². The number of hydrogen-bond donors (Lipinski definition) is 2. The van der Waals surface area contributed by atoms with E-state index in [1.165, 1.54) is 6.42 Å². The maximum absolute atomic E-state index is 9.41. The van der Waals surface area contributed by atoms with Gasteiger partial charge in [0.2, 0.25) is 0 Å². The Labute approximate surface area is 74.5 Å². The van der Waals surface area contributed by atoms with Gasteiger partial charge in [0, 0.05) is 19.1 Å². The molecule has 1 heterocycles. The van der Waals surface area contributed by atoms with Crippen LogP contribution < -0.4 is 5.73 Å². The Morgan fingerprint density at radius 2 is 2.42 bits per heavy atom. The minimum atomic E-state index is -0.171. The quantitative estimate of drug-likeness (QED) is 0.638. The van der Waals surface area contributed by atoms with Crippen molar-refractivity contribution in [1.29, 1.82) is 0 Å². The fourth-order valence-corrected chi connectivity index (χ4v) is 1.68. The van der Waals surface area contributed by atoms with E-state index < -0.39 is 0 Å². The summed E-state index contributed by atoms with van der Waals surface area (Å²) in [6.07, 6.45) is 2.98. The van der Waals surface area contributed by atoms with Crippen LogP contribution in [0.3, 0.4) is 0 Å². The Hall–Kier alpha value is -0.120. The molecule has 1 saturated heterocycles. The number of β-amino-alcohol motifs (C(OH)–C–C–N with tert-alkyl or cyclic N) is 1. The number of aliphatic hydroxyl groups excluding tert-OH is 1. The van der Waals surface area contributed by atoms with Crippen molar-refractivity contribution in [2.45, 2.75) is 38.3 Å². The van der Waals surface area contributed by atoms with Gasteiger partial charge < -0.3 is 10.8 Å². The molecule has 1 aliphatic rings. The average molecular weight is 172 g/mol. The molecular formula is C9H20N2O. The number of hydrogen-bond acceptors (Lipinski definition) is 3. The fourth-order valence-electron chi connectivity index (χ4n) is 1.68. The molecule has 1 rings (SSSR count). The summed E-state index contributed by atoms with van der Waals surface area (Å²) >= 11 is 0. The second kappa shape index (κ2) is 4.80. The normalized spacial score (nSPS) is 28.8. The third-order valence-electron chi connectivity index (χ3n) is 2.48. The first-order valence-electron chi connectivity index (χ1n) is 4.88. The molecule has 0 saturated carbocycles. The highest BCUT2D eigenvalue weighted by Gasteiger charge is 2.17. The van der Waals surface area contributed by atoms with E-state index in [4.69, 9.17) is 5.73 Å². The zero-order chi connectivity index (χ0) is 8.97. The largest absolute Gasteiger partial charge is 0.392 e. The zero-order valence-electron chi connectivity index (χ0n) is 7.87. The molecule has 0 spiro atoms. The van der Waals surface area contributed by atoms with E-state index in [1.54, 1.807) is 0 Å². The molecule has 0 aromatic heterocycles. The van der Waals surface area contributed by atoms with Crippen LogP contribution in [0.2, 0.25) is 0 Å². The monoisotopic (exact) mass is 172 g/mol. The molecule has 0 aliphatic carbocycles. The molecule has 2 atom stereocenters. The Morgan fingerprint density at radius 3 is 3.00 bits per heavy atom. The van der Waals surface area contributed by atoms with Crippen LogP contribution in [0.25, 0.3) is 0 Å². The summed E-state index contributed by atoms with van der Waals surface area (Å²) in [6, 6.07) is 0.322. The molecule has 12 heavy (non-hydrogen) atoms. The summed E-state index contributed by atoms with van der Waals surface area (Å²) in [4.78, 5) is 2.27. The number of rotatable bonds is 3. The van der Waals surface area contributed by atoms with Gasteiger partial charge in [-0.05, 0) is 25.8 Å². The zero-order valence-corrected chi connectivity index (χ0v) is 7.87. The van der Waals surface area contributed by atoms with Crippen molar-refractivity contribution in [1.82, 2.24) is 4.90 Å². The summed E-state index contributed by atoms with van der Waals surface area (Å²) in [5, 5.41) is 9.41. The molecule has 3 heteroatoms. The van der Waals surface area contributed by atoms with Crippen molar-refractivity contribution < 1.29 is 5.11 Å². The Balaban J connectivity index is 2.22. The van der Waals surface area contributed by atoms with Crippen molar-refractivity contribution in [2.24, 2.45) is 5.73 Å². The Bertz CT molecular complexity index is 130. The van der Waals surface area contributed by atoms with E-state index in [0.29, 0.717) is 6.04 Å². The molecule has 0 aromatic carbocycles. The van der Waals surface area contributed by atoms with E-state index in [9.17, 15) is 5.11 Å². The highest BCUT2D eigenvalue weighted by Crippen LogP contribution is 2.08.